The van der Waals surface area contributed by atoms with E-state index >= 15 is 0 Å². The smallest absolute Gasteiger partial charge is 0.281 e. The quantitative estimate of drug-likeness (QED) is 0.845. The van der Waals surface area contributed by atoms with Gasteiger partial charge in [-0.1, -0.05) is 5.92 Å². The summed E-state index contributed by atoms with van der Waals surface area (Å²) < 4.78 is 3.17. The molecular formula is C17H22N6O2. The molecule has 0 bridgehead atoms. The predicted octanol–water partition coefficient (Wildman–Crippen LogP) is 1.10. The van der Waals surface area contributed by atoms with Gasteiger partial charge < -0.3 is 4.90 Å². The van der Waals surface area contributed by atoms with Gasteiger partial charge in [-0.25, -0.2) is 0 Å². The summed E-state index contributed by atoms with van der Waals surface area (Å²) in [4.78, 5) is 35.4. The molecule has 0 aromatic carbocycles. The average Bonchev–Trinajstić information content (AvgIpc) is 2.96. The maximum absolute atomic E-state index is 12.9. The monoisotopic (exact) mass is 342 g/mol. The van der Waals surface area contributed by atoms with E-state index in [1.807, 2.05) is 4.57 Å². The van der Waals surface area contributed by atoms with E-state index in [0.717, 1.165) is 31.9 Å². The molecule has 0 spiro atoms. The van der Waals surface area contributed by atoms with Crippen LogP contribution in [0.15, 0.2) is 4.79 Å². The van der Waals surface area contributed by atoms with Crippen LogP contribution in [0, 0.1) is 11.8 Å². The Morgan fingerprint density at radius 3 is 2.60 bits per heavy atom. The molecule has 1 N–H and O–H groups in total. The number of piperidine rings is 1. The zero-order chi connectivity index (χ0) is 18.0. The van der Waals surface area contributed by atoms with Gasteiger partial charge in [0.1, 0.15) is 0 Å². The molecule has 1 saturated heterocycles. The van der Waals surface area contributed by atoms with Crippen molar-refractivity contribution in [3.63, 3.8) is 0 Å². The van der Waals surface area contributed by atoms with Gasteiger partial charge in [0.15, 0.2) is 11.2 Å². The number of nitrogens with zero attached hydrogens (tertiary/aromatic N) is 5. The Morgan fingerprint density at radius 2 is 1.96 bits per heavy atom. The van der Waals surface area contributed by atoms with Crippen molar-refractivity contribution in [2.24, 2.45) is 7.05 Å². The van der Waals surface area contributed by atoms with E-state index in [2.05, 4.69) is 32.0 Å². The standard InChI is InChI=1S/C17H22N6O2/c1-4-5-11-23-13-14(20-17(23)22-9-7-6-8-10-22)19-16(18-12(2)24)21(3)15(13)25/h6-11H2,1-3H3,(H,18,19,24). The van der Waals surface area contributed by atoms with Crippen molar-refractivity contribution < 1.29 is 4.79 Å². The lowest BCUT2D eigenvalue weighted by atomic mass is 10.1. The molecule has 0 saturated carbocycles. The van der Waals surface area contributed by atoms with Gasteiger partial charge in [0.2, 0.25) is 17.8 Å². The summed E-state index contributed by atoms with van der Waals surface area (Å²) in [7, 11) is 1.59. The molecular weight excluding hydrogens is 320 g/mol. The maximum atomic E-state index is 12.9. The first-order chi connectivity index (χ1) is 12.0. The van der Waals surface area contributed by atoms with Gasteiger partial charge in [-0.3, -0.25) is 24.0 Å². The highest BCUT2D eigenvalue weighted by Gasteiger charge is 2.23. The molecule has 0 aliphatic carbocycles. The normalized spacial score (nSPS) is 14.3. The number of carbonyl (C=O) groups is 1. The Bertz CT molecular complexity index is 924. The molecule has 2 aromatic rings. The van der Waals surface area contributed by atoms with E-state index in [9.17, 15) is 9.59 Å². The van der Waals surface area contributed by atoms with Crippen LogP contribution >= 0.6 is 0 Å². The van der Waals surface area contributed by atoms with Crippen LogP contribution in [0.25, 0.3) is 11.2 Å². The summed E-state index contributed by atoms with van der Waals surface area (Å²) in [5, 5.41) is 2.58. The lowest BCUT2D eigenvalue weighted by Crippen LogP contribution is -2.32. The van der Waals surface area contributed by atoms with E-state index in [1.165, 1.54) is 17.9 Å². The molecule has 0 radical (unpaired) electrons. The van der Waals surface area contributed by atoms with Crippen LogP contribution in [0.2, 0.25) is 0 Å². The van der Waals surface area contributed by atoms with Crippen molar-refractivity contribution in [3.8, 4) is 11.8 Å². The van der Waals surface area contributed by atoms with E-state index < -0.39 is 0 Å². The number of aromatic nitrogens is 4. The largest absolute Gasteiger partial charge is 0.342 e. The first-order valence-electron chi connectivity index (χ1n) is 8.42. The van der Waals surface area contributed by atoms with E-state index in [4.69, 9.17) is 0 Å². The average molecular weight is 342 g/mol. The Morgan fingerprint density at radius 1 is 1.24 bits per heavy atom. The highest BCUT2D eigenvalue weighted by Crippen LogP contribution is 2.23. The lowest BCUT2D eigenvalue weighted by molar-refractivity contribution is -0.114. The van der Waals surface area contributed by atoms with Crippen molar-refractivity contribution in [2.45, 2.75) is 39.7 Å². The van der Waals surface area contributed by atoms with Crippen LogP contribution < -0.4 is 15.8 Å². The lowest BCUT2D eigenvalue weighted by Gasteiger charge is -2.27. The minimum atomic E-state index is -0.283. The van der Waals surface area contributed by atoms with Crippen LogP contribution in [0.1, 0.15) is 33.1 Å². The molecule has 1 aliphatic rings. The van der Waals surface area contributed by atoms with E-state index in [1.54, 1.807) is 14.0 Å². The summed E-state index contributed by atoms with van der Waals surface area (Å²) in [5.74, 6) is 6.52. The molecule has 25 heavy (non-hydrogen) atoms. The summed E-state index contributed by atoms with van der Waals surface area (Å²) >= 11 is 0. The molecule has 132 valence electrons. The van der Waals surface area contributed by atoms with Crippen LogP contribution in [0.4, 0.5) is 11.9 Å². The number of hydrogen-bond acceptors (Lipinski definition) is 5. The Hall–Kier alpha value is -2.82. The minimum absolute atomic E-state index is 0.196. The Labute approximate surface area is 145 Å². The van der Waals surface area contributed by atoms with Gasteiger partial charge in [0.05, 0.1) is 6.54 Å². The molecule has 3 rings (SSSR count). The molecule has 2 aromatic heterocycles. The van der Waals surface area contributed by atoms with Gasteiger partial charge in [-0.05, 0) is 26.2 Å². The SMILES string of the molecule is CC#CCn1c(N2CCCCC2)nc2nc(NC(C)=O)n(C)c(=O)c21. The molecule has 0 atom stereocenters. The fraction of sp³-hybridized carbons (Fsp3) is 0.529. The second-order valence-corrected chi connectivity index (χ2v) is 6.13. The fourth-order valence-electron chi connectivity index (χ4n) is 3.06. The Kier molecular flexibility index (Phi) is 4.74. The summed E-state index contributed by atoms with van der Waals surface area (Å²) in [6.45, 7) is 5.34. The van der Waals surface area contributed by atoms with Crippen molar-refractivity contribution in [2.75, 3.05) is 23.3 Å². The summed E-state index contributed by atoms with van der Waals surface area (Å²) in [5.41, 5.74) is 0.507. The van der Waals surface area contributed by atoms with Crippen molar-refractivity contribution in [1.29, 1.82) is 0 Å². The third kappa shape index (κ3) is 3.22. The van der Waals surface area contributed by atoms with E-state index in [0.29, 0.717) is 17.7 Å². The molecule has 8 nitrogen and oxygen atoms in total. The number of amides is 1. The summed E-state index contributed by atoms with van der Waals surface area (Å²) in [6, 6.07) is 0. The second kappa shape index (κ2) is 6.97. The van der Waals surface area contributed by atoms with Crippen molar-refractivity contribution in [3.05, 3.63) is 10.4 Å². The van der Waals surface area contributed by atoms with E-state index in [-0.39, 0.29) is 17.4 Å². The van der Waals surface area contributed by atoms with Gasteiger partial charge in [0, 0.05) is 27.1 Å². The third-order valence-corrected chi connectivity index (χ3v) is 4.31. The first-order valence-corrected chi connectivity index (χ1v) is 8.42. The zero-order valence-electron chi connectivity index (χ0n) is 14.8. The number of carbonyl (C=O) groups excluding carboxylic acids is 1. The highest BCUT2D eigenvalue weighted by molar-refractivity contribution is 5.88. The van der Waals surface area contributed by atoms with Gasteiger partial charge >= 0.3 is 0 Å². The van der Waals surface area contributed by atoms with Crippen molar-refractivity contribution >= 4 is 29.0 Å². The number of nitrogens with one attached hydrogen (secondary N) is 1. The molecule has 8 heteroatoms. The fourth-order valence-corrected chi connectivity index (χ4v) is 3.06. The number of imidazole rings is 1. The number of hydrogen-bond donors (Lipinski definition) is 1. The molecule has 1 amide bonds. The van der Waals surface area contributed by atoms with Crippen LogP contribution in [-0.2, 0) is 18.4 Å². The molecule has 0 unspecified atom stereocenters. The summed E-state index contributed by atoms with van der Waals surface area (Å²) in [6.07, 6.45) is 3.41. The molecule has 3 heterocycles. The number of rotatable bonds is 3. The number of fused-ring (bicyclic) bond motifs is 1. The minimum Gasteiger partial charge on any atom is -0.342 e. The molecule has 1 fully saturated rings. The second-order valence-electron chi connectivity index (χ2n) is 6.13. The number of anilines is 2. The van der Waals surface area contributed by atoms with Crippen LogP contribution in [0.3, 0.4) is 0 Å². The van der Waals surface area contributed by atoms with Gasteiger partial charge in [0.25, 0.3) is 5.56 Å². The zero-order valence-corrected chi connectivity index (χ0v) is 14.8. The van der Waals surface area contributed by atoms with Crippen molar-refractivity contribution in [1.82, 2.24) is 19.1 Å². The topological polar surface area (TPSA) is 85.1 Å². The molecule has 1 aliphatic heterocycles. The first kappa shape index (κ1) is 17.0. The van der Waals surface area contributed by atoms with Crippen LogP contribution in [0.5, 0.6) is 0 Å². The van der Waals surface area contributed by atoms with Gasteiger partial charge in [-0.2, -0.15) is 9.97 Å². The highest BCUT2D eigenvalue weighted by atomic mass is 16.2. The van der Waals surface area contributed by atoms with Crippen LogP contribution in [-0.4, -0.2) is 38.1 Å². The third-order valence-electron chi connectivity index (χ3n) is 4.31. The predicted molar refractivity (Wildman–Crippen MR) is 96.6 cm³/mol. The Balaban J connectivity index is 2.21. The maximum Gasteiger partial charge on any atom is 0.281 e. The van der Waals surface area contributed by atoms with Gasteiger partial charge in [-0.15, -0.1) is 5.92 Å².